The zero-order chi connectivity index (χ0) is 18.2. The maximum Gasteiger partial charge on any atom is 0.243 e. The second kappa shape index (κ2) is 6.97. The normalized spacial score (nSPS) is 24.5. The monoisotopic (exact) mass is 390 g/mol. The molecule has 2 aromatic rings. The van der Waals surface area contributed by atoms with Crippen molar-refractivity contribution in [3.05, 3.63) is 65.2 Å². The summed E-state index contributed by atoms with van der Waals surface area (Å²) in [4.78, 5) is 2.83. The topological polar surface area (TPSA) is 40.6 Å². The molecule has 26 heavy (non-hydrogen) atoms. The van der Waals surface area contributed by atoms with Crippen molar-refractivity contribution in [2.24, 2.45) is 5.41 Å². The van der Waals surface area contributed by atoms with Gasteiger partial charge in [0.05, 0.1) is 4.90 Å². The molecular formula is C20H23ClN2O2S. The number of halogens is 1. The standard InChI is InChI=1S/C20H23ClN2O2S/c21-18-8-6-17(7-9-18)14-22-12-10-20(15-22)11-13-23(16-20)26(24,25)19-4-2-1-3-5-19/h1-9H,10-16H2/t20-/m0/s1. The fraction of sp³-hybridized carbons (Fsp3) is 0.400. The van der Waals surface area contributed by atoms with Crippen molar-refractivity contribution < 1.29 is 8.42 Å². The lowest BCUT2D eigenvalue weighted by atomic mass is 9.86. The van der Waals surface area contributed by atoms with Gasteiger partial charge in [-0.05, 0) is 54.6 Å². The van der Waals surface area contributed by atoms with Crippen LogP contribution in [0.15, 0.2) is 59.5 Å². The fourth-order valence-corrected chi connectivity index (χ4v) is 5.89. The van der Waals surface area contributed by atoms with E-state index in [1.807, 2.05) is 18.2 Å². The molecule has 0 amide bonds. The highest BCUT2D eigenvalue weighted by molar-refractivity contribution is 7.89. The summed E-state index contributed by atoms with van der Waals surface area (Å²) < 4.78 is 27.4. The van der Waals surface area contributed by atoms with Crippen LogP contribution in [-0.4, -0.2) is 43.8 Å². The molecule has 0 aromatic heterocycles. The average molecular weight is 391 g/mol. The molecule has 0 bridgehead atoms. The third-order valence-electron chi connectivity index (χ3n) is 5.62. The summed E-state index contributed by atoms with van der Waals surface area (Å²) in [6.07, 6.45) is 2.00. The number of benzene rings is 2. The molecule has 2 saturated heterocycles. The van der Waals surface area contributed by atoms with Gasteiger partial charge in [-0.2, -0.15) is 4.31 Å². The molecule has 1 atom stereocenters. The predicted octanol–water partition coefficient (Wildman–Crippen LogP) is 3.63. The number of nitrogens with zero attached hydrogens (tertiary/aromatic N) is 2. The molecule has 6 heteroatoms. The first kappa shape index (κ1) is 18.0. The maximum atomic E-state index is 12.9. The summed E-state index contributed by atoms with van der Waals surface area (Å²) >= 11 is 5.96. The van der Waals surface area contributed by atoms with Gasteiger partial charge in [0.25, 0.3) is 0 Å². The SMILES string of the molecule is O=S(=O)(c1ccccc1)N1CC[C@]2(CCN(Cc3ccc(Cl)cc3)C2)C1. The summed E-state index contributed by atoms with van der Waals surface area (Å²) in [6, 6.07) is 16.7. The van der Waals surface area contributed by atoms with Gasteiger partial charge < -0.3 is 0 Å². The molecule has 4 nitrogen and oxygen atoms in total. The minimum Gasteiger partial charge on any atom is -0.298 e. The first-order valence-electron chi connectivity index (χ1n) is 8.99. The molecule has 1 spiro atoms. The Bertz CT molecular complexity index is 870. The highest BCUT2D eigenvalue weighted by atomic mass is 35.5. The summed E-state index contributed by atoms with van der Waals surface area (Å²) in [5.74, 6) is 0. The Balaban J connectivity index is 1.43. The Hall–Kier alpha value is -1.40. The molecule has 2 aliphatic rings. The minimum absolute atomic E-state index is 0.0915. The van der Waals surface area contributed by atoms with Crippen molar-refractivity contribution >= 4 is 21.6 Å². The third-order valence-corrected chi connectivity index (χ3v) is 7.73. The van der Waals surface area contributed by atoms with E-state index in [2.05, 4.69) is 17.0 Å². The first-order valence-corrected chi connectivity index (χ1v) is 10.8. The largest absolute Gasteiger partial charge is 0.298 e. The molecule has 0 N–H and O–H groups in total. The molecule has 2 aromatic carbocycles. The molecule has 2 heterocycles. The molecule has 0 saturated carbocycles. The highest BCUT2D eigenvalue weighted by Crippen LogP contribution is 2.41. The van der Waals surface area contributed by atoms with Gasteiger partial charge in [0, 0.05) is 31.2 Å². The van der Waals surface area contributed by atoms with Gasteiger partial charge in [0.15, 0.2) is 0 Å². The van der Waals surface area contributed by atoms with Crippen LogP contribution in [0.1, 0.15) is 18.4 Å². The van der Waals surface area contributed by atoms with Gasteiger partial charge in [0.2, 0.25) is 10.0 Å². The van der Waals surface area contributed by atoms with E-state index in [4.69, 9.17) is 11.6 Å². The molecule has 4 rings (SSSR count). The van der Waals surface area contributed by atoms with E-state index < -0.39 is 10.0 Å². The smallest absolute Gasteiger partial charge is 0.243 e. The number of hydrogen-bond donors (Lipinski definition) is 0. The van der Waals surface area contributed by atoms with Gasteiger partial charge in [-0.3, -0.25) is 4.90 Å². The van der Waals surface area contributed by atoms with Crippen molar-refractivity contribution in [1.82, 2.24) is 9.21 Å². The van der Waals surface area contributed by atoms with Crippen LogP contribution in [-0.2, 0) is 16.6 Å². The third kappa shape index (κ3) is 3.54. The molecule has 0 radical (unpaired) electrons. The number of likely N-dealkylation sites (tertiary alicyclic amines) is 1. The van der Waals surface area contributed by atoms with E-state index in [-0.39, 0.29) is 5.41 Å². The van der Waals surface area contributed by atoms with Crippen molar-refractivity contribution in [2.45, 2.75) is 24.3 Å². The van der Waals surface area contributed by atoms with Gasteiger partial charge >= 0.3 is 0 Å². The quantitative estimate of drug-likeness (QED) is 0.800. The van der Waals surface area contributed by atoms with Crippen LogP contribution >= 0.6 is 11.6 Å². The van der Waals surface area contributed by atoms with Crippen LogP contribution in [0, 0.1) is 5.41 Å². The van der Waals surface area contributed by atoms with Crippen LogP contribution in [0.2, 0.25) is 5.02 Å². The van der Waals surface area contributed by atoms with Crippen molar-refractivity contribution in [3.8, 4) is 0 Å². The molecule has 2 fully saturated rings. The minimum atomic E-state index is -3.38. The van der Waals surface area contributed by atoms with E-state index in [9.17, 15) is 8.42 Å². The lowest BCUT2D eigenvalue weighted by Crippen LogP contribution is -2.34. The second-order valence-electron chi connectivity index (χ2n) is 7.49. The van der Waals surface area contributed by atoms with Crippen molar-refractivity contribution in [1.29, 1.82) is 0 Å². The van der Waals surface area contributed by atoms with E-state index >= 15 is 0 Å². The second-order valence-corrected chi connectivity index (χ2v) is 9.86. The van der Waals surface area contributed by atoms with Crippen LogP contribution in [0.4, 0.5) is 0 Å². The molecule has 0 unspecified atom stereocenters. The first-order chi connectivity index (χ1) is 12.5. The fourth-order valence-electron chi connectivity index (χ4n) is 4.18. The predicted molar refractivity (Wildman–Crippen MR) is 104 cm³/mol. The summed E-state index contributed by atoms with van der Waals surface area (Å²) in [6.45, 7) is 4.11. The van der Waals surface area contributed by atoms with Gasteiger partial charge in [-0.25, -0.2) is 8.42 Å². The molecular weight excluding hydrogens is 368 g/mol. The molecule has 0 aliphatic carbocycles. The zero-order valence-corrected chi connectivity index (χ0v) is 16.2. The van der Waals surface area contributed by atoms with Crippen LogP contribution in [0.5, 0.6) is 0 Å². The number of hydrogen-bond acceptors (Lipinski definition) is 3. The Morgan fingerprint density at radius 3 is 2.35 bits per heavy atom. The van der Waals surface area contributed by atoms with Crippen molar-refractivity contribution in [3.63, 3.8) is 0 Å². The van der Waals surface area contributed by atoms with Crippen molar-refractivity contribution in [2.75, 3.05) is 26.2 Å². The van der Waals surface area contributed by atoms with E-state index in [1.165, 1.54) is 5.56 Å². The van der Waals surface area contributed by atoms with Crippen LogP contribution < -0.4 is 0 Å². The highest BCUT2D eigenvalue weighted by Gasteiger charge is 2.46. The Morgan fingerprint density at radius 1 is 0.923 bits per heavy atom. The number of rotatable bonds is 4. The van der Waals surface area contributed by atoms with Gasteiger partial charge in [-0.15, -0.1) is 0 Å². The maximum absolute atomic E-state index is 12.9. The van der Waals surface area contributed by atoms with Gasteiger partial charge in [-0.1, -0.05) is 41.9 Å². The van der Waals surface area contributed by atoms with Gasteiger partial charge in [0.1, 0.15) is 0 Å². The summed E-state index contributed by atoms with van der Waals surface area (Å²) in [7, 11) is -3.38. The lowest BCUT2D eigenvalue weighted by molar-refractivity contribution is 0.260. The van der Waals surface area contributed by atoms with E-state index in [0.29, 0.717) is 18.0 Å². The van der Waals surface area contributed by atoms with Crippen LogP contribution in [0.3, 0.4) is 0 Å². The Morgan fingerprint density at radius 2 is 1.62 bits per heavy atom. The van der Waals surface area contributed by atoms with E-state index in [1.54, 1.807) is 28.6 Å². The van der Waals surface area contributed by atoms with E-state index in [0.717, 1.165) is 37.5 Å². The lowest BCUT2D eigenvalue weighted by Gasteiger charge is -2.25. The molecule has 138 valence electrons. The zero-order valence-electron chi connectivity index (χ0n) is 14.6. The number of sulfonamides is 1. The summed E-state index contributed by atoms with van der Waals surface area (Å²) in [5, 5.41) is 0.754. The molecule has 2 aliphatic heterocycles. The Labute approximate surface area is 160 Å². The van der Waals surface area contributed by atoms with Crippen LogP contribution in [0.25, 0.3) is 0 Å². The summed E-state index contributed by atoms with van der Waals surface area (Å²) in [5.41, 5.74) is 1.34. The Kier molecular flexibility index (Phi) is 4.82. The average Bonchev–Trinajstić information content (AvgIpc) is 3.25.